The SMILES string of the molecule is CC1=NN(c2ccccc2)C(=O)[C@@H]1C(=O)Cc1ccccc1. The molecule has 2 aromatic rings. The number of nitrogens with zero attached hydrogens (tertiary/aromatic N) is 2. The van der Waals surface area contributed by atoms with Crippen molar-refractivity contribution in [1.29, 1.82) is 0 Å². The molecule has 1 aliphatic rings. The minimum Gasteiger partial charge on any atom is -0.298 e. The maximum atomic E-state index is 12.5. The minimum absolute atomic E-state index is 0.115. The average Bonchev–Trinajstić information content (AvgIpc) is 2.84. The molecule has 1 aliphatic heterocycles. The van der Waals surface area contributed by atoms with Gasteiger partial charge in [-0.3, -0.25) is 9.59 Å². The zero-order chi connectivity index (χ0) is 15.5. The summed E-state index contributed by atoms with van der Waals surface area (Å²) in [6, 6.07) is 18.6. The second-order valence-electron chi connectivity index (χ2n) is 5.29. The summed E-state index contributed by atoms with van der Waals surface area (Å²) < 4.78 is 0. The van der Waals surface area contributed by atoms with Crippen LogP contribution in [0.25, 0.3) is 0 Å². The molecule has 1 heterocycles. The predicted octanol–water partition coefficient (Wildman–Crippen LogP) is 2.84. The number of hydrogen-bond acceptors (Lipinski definition) is 3. The van der Waals surface area contributed by atoms with Crippen molar-refractivity contribution in [3.05, 3.63) is 66.2 Å². The number of ketones is 1. The summed E-state index contributed by atoms with van der Waals surface area (Å²) in [5.74, 6) is -1.17. The van der Waals surface area contributed by atoms with Gasteiger partial charge >= 0.3 is 0 Å². The molecule has 0 saturated heterocycles. The highest BCUT2D eigenvalue weighted by atomic mass is 16.2. The number of hydrazone groups is 1. The molecule has 22 heavy (non-hydrogen) atoms. The molecule has 0 fully saturated rings. The Morgan fingerprint density at radius 2 is 1.64 bits per heavy atom. The first-order valence-corrected chi connectivity index (χ1v) is 7.17. The smallest absolute Gasteiger partial charge is 0.263 e. The van der Waals surface area contributed by atoms with Gasteiger partial charge in [0.05, 0.1) is 11.4 Å². The van der Waals surface area contributed by atoms with Crippen molar-refractivity contribution in [3.8, 4) is 0 Å². The average molecular weight is 292 g/mol. The van der Waals surface area contributed by atoms with E-state index >= 15 is 0 Å². The number of carbonyl (C=O) groups is 2. The van der Waals surface area contributed by atoms with Gasteiger partial charge in [0.15, 0.2) is 5.78 Å². The van der Waals surface area contributed by atoms with E-state index in [-0.39, 0.29) is 18.1 Å². The topological polar surface area (TPSA) is 49.7 Å². The van der Waals surface area contributed by atoms with Crippen molar-refractivity contribution in [3.63, 3.8) is 0 Å². The Morgan fingerprint density at radius 3 is 2.27 bits per heavy atom. The van der Waals surface area contributed by atoms with E-state index in [2.05, 4.69) is 5.10 Å². The lowest BCUT2D eigenvalue weighted by atomic mass is 9.94. The molecule has 0 saturated carbocycles. The van der Waals surface area contributed by atoms with Gasteiger partial charge in [-0.1, -0.05) is 48.5 Å². The molecule has 0 N–H and O–H groups in total. The van der Waals surface area contributed by atoms with Gasteiger partial charge in [0, 0.05) is 6.42 Å². The Labute approximate surface area is 129 Å². The van der Waals surface area contributed by atoms with Gasteiger partial charge in [-0.25, -0.2) is 0 Å². The number of rotatable bonds is 4. The second-order valence-corrected chi connectivity index (χ2v) is 5.29. The Bertz CT molecular complexity index is 723. The molecule has 0 aliphatic carbocycles. The first-order valence-electron chi connectivity index (χ1n) is 7.17. The maximum absolute atomic E-state index is 12.5. The lowest BCUT2D eigenvalue weighted by Gasteiger charge is -2.13. The number of Topliss-reactive ketones (excluding diaryl/α,β-unsaturated/α-hetero) is 1. The van der Waals surface area contributed by atoms with Gasteiger partial charge in [0.2, 0.25) is 0 Å². The third-order valence-electron chi connectivity index (χ3n) is 3.68. The first-order chi connectivity index (χ1) is 10.7. The zero-order valence-electron chi connectivity index (χ0n) is 12.3. The minimum atomic E-state index is -0.777. The molecular formula is C18H16N2O2. The summed E-state index contributed by atoms with van der Waals surface area (Å²) in [5.41, 5.74) is 2.14. The van der Waals surface area contributed by atoms with Crippen molar-refractivity contribution in [2.75, 3.05) is 5.01 Å². The normalized spacial score (nSPS) is 17.5. The Balaban J connectivity index is 1.80. The highest BCUT2D eigenvalue weighted by Crippen LogP contribution is 2.24. The van der Waals surface area contributed by atoms with Gasteiger partial charge in [-0.15, -0.1) is 0 Å². The highest BCUT2D eigenvalue weighted by molar-refractivity contribution is 6.27. The molecule has 0 spiro atoms. The molecule has 110 valence electrons. The molecule has 4 heteroatoms. The van der Waals surface area contributed by atoms with Crippen LogP contribution in [0.3, 0.4) is 0 Å². The number of anilines is 1. The molecular weight excluding hydrogens is 276 g/mol. The van der Waals surface area contributed by atoms with E-state index in [1.165, 1.54) is 5.01 Å². The van der Waals surface area contributed by atoms with Crippen molar-refractivity contribution in [1.82, 2.24) is 0 Å². The van der Waals surface area contributed by atoms with E-state index in [9.17, 15) is 9.59 Å². The van der Waals surface area contributed by atoms with E-state index in [1.807, 2.05) is 48.5 Å². The van der Waals surface area contributed by atoms with Crippen molar-refractivity contribution in [2.45, 2.75) is 13.3 Å². The molecule has 3 rings (SSSR count). The maximum Gasteiger partial charge on any atom is 0.263 e. The fourth-order valence-electron chi connectivity index (χ4n) is 2.59. The van der Waals surface area contributed by atoms with Gasteiger partial charge < -0.3 is 0 Å². The fourth-order valence-corrected chi connectivity index (χ4v) is 2.59. The molecule has 0 radical (unpaired) electrons. The predicted molar refractivity (Wildman–Crippen MR) is 85.7 cm³/mol. The Kier molecular flexibility index (Phi) is 3.83. The van der Waals surface area contributed by atoms with Crippen molar-refractivity contribution < 1.29 is 9.59 Å². The Hall–Kier alpha value is -2.75. The van der Waals surface area contributed by atoms with E-state index in [1.54, 1.807) is 19.1 Å². The molecule has 4 nitrogen and oxygen atoms in total. The van der Waals surface area contributed by atoms with Crippen LogP contribution in [0.4, 0.5) is 5.69 Å². The van der Waals surface area contributed by atoms with Gasteiger partial charge in [0.25, 0.3) is 5.91 Å². The summed E-state index contributed by atoms with van der Waals surface area (Å²) >= 11 is 0. The quantitative estimate of drug-likeness (QED) is 0.814. The summed E-state index contributed by atoms with van der Waals surface area (Å²) in [6.45, 7) is 1.73. The van der Waals surface area contributed by atoms with Gasteiger partial charge in [-0.05, 0) is 24.6 Å². The summed E-state index contributed by atoms with van der Waals surface area (Å²) in [7, 11) is 0. The first kappa shape index (κ1) is 14.2. The van der Waals surface area contributed by atoms with Crippen LogP contribution in [0.5, 0.6) is 0 Å². The molecule has 2 aromatic carbocycles. The molecule has 1 atom stereocenters. The fraction of sp³-hybridized carbons (Fsp3) is 0.167. The lowest BCUT2D eigenvalue weighted by molar-refractivity contribution is -0.128. The summed E-state index contributed by atoms with van der Waals surface area (Å²) in [5, 5.41) is 5.59. The molecule has 0 unspecified atom stereocenters. The standard InChI is InChI=1S/C18H16N2O2/c1-13-17(16(21)12-14-8-4-2-5-9-14)18(22)20(19-13)15-10-6-3-7-11-15/h2-11,17H,12H2,1H3/t17-/m0/s1. The number of para-hydroxylation sites is 1. The second kappa shape index (κ2) is 5.93. The Morgan fingerprint density at radius 1 is 1.05 bits per heavy atom. The van der Waals surface area contributed by atoms with Crippen molar-refractivity contribution in [2.24, 2.45) is 11.0 Å². The monoisotopic (exact) mass is 292 g/mol. The number of hydrogen-bond donors (Lipinski definition) is 0. The van der Waals surface area contributed by atoms with Crippen LogP contribution in [0.15, 0.2) is 65.8 Å². The number of amides is 1. The number of carbonyl (C=O) groups excluding carboxylic acids is 2. The zero-order valence-corrected chi connectivity index (χ0v) is 12.3. The van der Waals surface area contributed by atoms with Crippen LogP contribution in [0.2, 0.25) is 0 Å². The van der Waals surface area contributed by atoms with Gasteiger partial charge in [-0.2, -0.15) is 10.1 Å². The van der Waals surface area contributed by atoms with Crippen molar-refractivity contribution >= 4 is 23.1 Å². The molecule has 0 aromatic heterocycles. The van der Waals surface area contributed by atoms with E-state index < -0.39 is 5.92 Å². The van der Waals surface area contributed by atoms with E-state index in [0.29, 0.717) is 11.4 Å². The van der Waals surface area contributed by atoms with Crippen LogP contribution >= 0.6 is 0 Å². The van der Waals surface area contributed by atoms with Gasteiger partial charge in [0.1, 0.15) is 5.92 Å². The molecule has 1 amide bonds. The number of benzene rings is 2. The van der Waals surface area contributed by atoms with E-state index in [4.69, 9.17) is 0 Å². The third-order valence-corrected chi connectivity index (χ3v) is 3.68. The lowest BCUT2D eigenvalue weighted by Crippen LogP contribution is -2.33. The highest BCUT2D eigenvalue weighted by Gasteiger charge is 2.39. The molecule has 0 bridgehead atoms. The van der Waals surface area contributed by atoms with E-state index in [0.717, 1.165) is 5.56 Å². The summed E-state index contributed by atoms with van der Waals surface area (Å²) in [6.07, 6.45) is 0.243. The van der Waals surface area contributed by atoms with Crippen LogP contribution in [0, 0.1) is 5.92 Å². The van der Waals surface area contributed by atoms with Crippen LogP contribution < -0.4 is 5.01 Å². The van der Waals surface area contributed by atoms with Crippen LogP contribution in [-0.2, 0) is 16.0 Å². The largest absolute Gasteiger partial charge is 0.298 e. The van der Waals surface area contributed by atoms with Crippen LogP contribution in [-0.4, -0.2) is 17.4 Å². The third kappa shape index (κ3) is 2.68. The summed E-state index contributed by atoms with van der Waals surface area (Å²) in [4.78, 5) is 25.0. The van der Waals surface area contributed by atoms with Crippen LogP contribution in [0.1, 0.15) is 12.5 Å².